The number of hydrogen-bond acceptors (Lipinski definition) is 5. The van der Waals surface area contributed by atoms with Gasteiger partial charge in [-0.15, -0.1) is 5.10 Å². The van der Waals surface area contributed by atoms with Crippen molar-refractivity contribution in [1.29, 1.82) is 0 Å². The van der Waals surface area contributed by atoms with Gasteiger partial charge in [-0.05, 0) is 12.1 Å². The highest BCUT2D eigenvalue weighted by Gasteiger charge is 2.26. The number of rotatable bonds is 3. The minimum atomic E-state index is -0.684. The van der Waals surface area contributed by atoms with Crippen molar-refractivity contribution in [2.24, 2.45) is 0 Å². The molecular weight excluding hydrogens is 341 g/mol. The van der Waals surface area contributed by atoms with Crippen LogP contribution in [0.1, 0.15) is 10.4 Å². The SMILES string of the molecule is COC(=O)c1c(OC)nn(-c2c(Cl)cc(Cl)cc2Cl)c1N. The third kappa shape index (κ3) is 2.74. The second kappa shape index (κ2) is 6.01. The van der Waals surface area contributed by atoms with Gasteiger partial charge in [-0.1, -0.05) is 34.8 Å². The van der Waals surface area contributed by atoms with Gasteiger partial charge in [-0.3, -0.25) is 0 Å². The van der Waals surface area contributed by atoms with Crippen LogP contribution in [0.3, 0.4) is 0 Å². The number of nitrogens with zero attached hydrogens (tertiary/aromatic N) is 2. The monoisotopic (exact) mass is 349 g/mol. The number of carbonyl (C=O) groups excluding carboxylic acids is 1. The molecule has 9 heteroatoms. The Morgan fingerprint density at radius 2 is 1.81 bits per heavy atom. The number of anilines is 1. The lowest BCUT2D eigenvalue weighted by molar-refractivity contribution is 0.0598. The number of nitrogens with two attached hydrogens (primary N) is 1. The van der Waals surface area contributed by atoms with E-state index in [1.807, 2.05) is 0 Å². The largest absolute Gasteiger partial charge is 0.479 e. The third-order valence-electron chi connectivity index (χ3n) is 2.67. The molecule has 0 aliphatic carbocycles. The number of halogens is 3. The van der Waals surface area contributed by atoms with Crippen LogP contribution in [-0.4, -0.2) is 30.0 Å². The van der Waals surface area contributed by atoms with Crippen molar-refractivity contribution in [3.63, 3.8) is 0 Å². The van der Waals surface area contributed by atoms with E-state index >= 15 is 0 Å². The van der Waals surface area contributed by atoms with Gasteiger partial charge < -0.3 is 15.2 Å². The van der Waals surface area contributed by atoms with Crippen molar-refractivity contribution in [2.45, 2.75) is 0 Å². The third-order valence-corrected chi connectivity index (χ3v) is 3.46. The molecule has 2 rings (SSSR count). The summed E-state index contributed by atoms with van der Waals surface area (Å²) in [7, 11) is 2.57. The Bertz CT molecular complexity index is 692. The van der Waals surface area contributed by atoms with E-state index in [1.54, 1.807) is 0 Å². The van der Waals surface area contributed by atoms with Crippen molar-refractivity contribution in [2.75, 3.05) is 20.0 Å². The van der Waals surface area contributed by atoms with Crippen LogP contribution in [0.5, 0.6) is 5.88 Å². The van der Waals surface area contributed by atoms with Crippen LogP contribution >= 0.6 is 34.8 Å². The lowest BCUT2D eigenvalue weighted by Crippen LogP contribution is -2.08. The van der Waals surface area contributed by atoms with Crippen molar-refractivity contribution < 1.29 is 14.3 Å². The van der Waals surface area contributed by atoms with Crippen LogP contribution in [-0.2, 0) is 4.74 Å². The lowest BCUT2D eigenvalue weighted by Gasteiger charge is -2.09. The summed E-state index contributed by atoms with van der Waals surface area (Å²) in [5, 5.41) is 4.88. The minimum Gasteiger partial charge on any atom is -0.479 e. The molecule has 0 amide bonds. The molecule has 2 N–H and O–H groups in total. The summed E-state index contributed by atoms with van der Waals surface area (Å²) >= 11 is 18.1. The Hall–Kier alpha value is -1.63. The highest BCUT2D eigenvalue weighted by atomic mass is 35.5. The smallest absolute Gasteiger partial charge is 0.347 e. The van der Waals surface area contributed by atoms with E-state index in [4.69, 9.17) is 45.3 Å². The van der Waals surface area contributed by atoms with Crippen LogP contribution in [0.15, 0.2) is 12.1 Å². The van der Waals surface area contributed by atoms with Crippen LogP contribution in [0.4, 0.5) is 5.82 Å². The second-order valence-electron chi connectivity index (χ2n) is 3.89. The predicted molar refractivity (Wildman–Crippen MR) is 80.9 cm³/mol. The normalized spacial score (nSPS) is 10.5. The first kappa shape index (κ1) is 15.8. The van der Waals surface area contributed by atoms with E-state index in [9.17, 15) is 4.79 Å². The van der Waals surface area contributed by atoms with Gasteiger partial charge in [-0.2, -0.15) is 0 Å². The van der Waals surface area contributed by atoms with Gasteiger partial charge in [-0.25, -0.2) is 9.48 Å². The van der Waals surface area contributed by atoms with E-state index in [2.05, 4.69) is 9.84 Å². The molecule has 0 spiro atoms. The zero-order valence-electron chi connectivity index (χ0n) is 11.0. The zero-order valence-corrected chi connectivity index (χ0v) is 13.3. The van der Waals surface area contributed by atoms with E-state index < -0.39 is 5.97 Å². The summed E-state index contributed by atoms with van der Waals surface area (Å²) in [5.74, 6) is -0.692. The molecule has 0 aliphatic heterocycles. The van der Waals surface area contributed by atoms with Crippen LogP contribution < -0.4 is 10.5 Å². The maximum atomic E-state index is 11.8. The number of esters is 1. The van der Waals surface area contributed by atoms with Crippen molar-refractivity contribution in [3.8, 4) is 11.6 Å². The molecule has 0 aliphatic rings. The van der Waals surface area contributed by atoms with E-state index in [0.717, 1.165) is 0 Å². The summed E-state index contributed by atoms with van der Waals surface area (Å²) in [4.78, 5) is 11.8. The predicted octanol–water partition coefficient (Wildman–Crippen LogP) is 3.21. The molecule has 112 valence electrons. The number of benzene rings is 1. The van der Waals surface area contributed by atoms with Gasteiger partial charge >= 0.3 is 5.97 Å². The van der Waals surface area contributed by atoms with Gasteiger partial charge in [0.05, 0.1) is 24.3 Å². The number of methoxy groups -OCH3 is 2. The fraction of sp³-hybridized carbons (Fsp3) is 0.167. The summed E-state index contributed by atoms with van der Waals surface area (Å²) in [5.41, 5.74) is 6.21. The summed E-state index contributed by atoms with van der Waals surface area (Å²) in [6, 6.07) is 2.96. The molecule has 6 nitrogen and oxygen atoms in total. The molecule has 0 saturated carbocycles. The second-order valence-corrected chi connectivity index (χ2v) is 5.14. The Balaban J connectivity index is 2.72. The first-order valence-electron chi connectivity index (χ1n) is 5.56. The molecule has 0 unspecified atom stereocenters. The topological polar surface area (TPSA) is 79.4 Å². The van der Waals surface area contributed by atoms with E-state index in [1.165, 1.54) is 31.0 Å². The van der Waals surface area contributed by atoms with Crippen molar-refractivity contribution in [1.82, 2.24) is 9.78 Å². The number of aromatic nitrogens is 2. The summed E-state index contributed by atoms with van der Waals surface area (Å²) in [6.07, 6.45) is 0. The number of nitrogen functional groups attached to an aromatic ring is 1. The maximum Gasteiger partial charge on any atom is 0.347 e. The van der Waals surface area contributed by atoms with Gasteiger partial charge in [0.15, 0.2) is 5.56 Å². The molecular formula is C12H10Cl3N3O3. The van der Waals surface area contributed by atoms with E-state index in [0.29, 0.717) is 5.02 Å². The molecule has 0 fully saturated rings. The maximum absolute atomic E-state index is 11.8. The van der Waals surface area contributed by atoms with Crippen LogP contribution in [0, 0.1) is 0 Å². The highest BCUT2D eigenvalue weighted by Crippen LogP contribution is 2.36. The van der Waals surface area contributed by atoms with Crippen LogP contribution in [0.25, 0.3) is 5.69 Å². The molecule has 0 radical (unpaired) electrons. The average molecular weight is 351 g/mol. The average Bonchev–Trinajstić information content (AvgIpc) is 2.74. The van der Waals surface area contributed by atoms with Gasteiger partial charge in [0.25, 0.3) is 0 Å². The summed E-state index contributed by atoms with van der Waals surface area (Å²) in [6.45, 7) is 0. The number of hydrogen-bond donors (Lipinski definition) is 1. The minimum absolute atomic E-state index is 0.00133. The number of ether oxygens (including phenoxy) is 2. The van der Waals surface area contributed by atoms with Crippen molar-refractivity contribution in [3.05, 3.63) is 32.8 Å². The quantitative estimate of drug-likeness (QED) is 0.860. The molecule has 2 aromatic rings. The number of carbonyl (C=O) groups is 1. The Morgan fingerprint density at radius 1 is 1.24 bits per heavy atom. The molecule has 0 atom stereocenters. The van der Waals surface area contributed by atoms with Gasteiger partial charge in [0.2, 0.25) is 5.88 Å². The molecule has 0 bridgehead atoms. The Morgan fingerprint density at radius 3 is 2.29 bits per heavy atom. The van der Waals surface area contributed by atoms with Crippen LogP contribution in [0.2, 0.25) is 15.1 Å². The molecule has 21 heavy (non-hydrogen) atoms. The van der Waals surface area contributed by atoms with Crippen molar-refractivity contribution >= 4 is 46.6 Å². The Kier molecular flexibility index (Phi) is 4.51. The fourth-order valence-electron chi connectivity index (χ4n) is 1.75. The standard InChI is InChI=1S/C12H10Cl3N3O3/c1-20-11-8(12(19)21-2)10(16)18(17-11)9-6(14)3-5(13)4-7(9)15/h3-4H,16H2,1-2H3. The van der Waals surface area contributed by atoms with E-state index in [-0.39, 0.29) is 33.0 Å². The molecule has 0 saturated heterocycles. The van der Waals surface area contributed by atoms with Gasteiger partial charge in [0, 0.05) is 5.02 Å². The first-order chi connectivity index (χ1) is 9.90. The lowest BCUT2D eigenvalue weighted by atomic mass is 10.3. The highest BCUT2D eigenvalue weighted by molar-refractivity contribution is 6.40. The van der Waals surface area contributed by atoms with Gasteiger partial charge in [0.1, 0.15) is 11.5 Å². The summed E-state index contributed by atoms with van der Waals surface area (Å²) < 4.78 is 10.9. The zero-order chi connectivity index (χ0) is 15.7. The Labute approximate surface area is 135 Å². The molecule has 1 heterocycles. The molecule has 1 aromatic carbocycles. The molecule has 1 aromatic heterocycles. The fourth-order valence-corrected chi connectivity index (χ4v) is 2.73. The first-order valence-corrected chi connectivity index (χ1v) is 6.69.